The molecule has 2 heterocycles. The van der Waals surface area contributed by atoms with Crippen molar-refractivity contribution in [1.82, 2.24) is 14.8 Å². The van der Waals surface area contributed by atoms with E-state index in [2.05, 4.69) is 14.8 Å². The second kappa shape index (κ2) is 8.45. The Balaban J connectivity index is 1.90. The highest BCUT2D eigenvalue weighted by Gasteiger charge is 2.20. The molecule has 0 aliphatic heterocycles. The summed E-state index contributed by atoms with van der Waals surface area (Å²) in [6.07, 6.45) is 0. The second-order valence-electron chi connectivity index (χ2n) is 6.67. The molecule has 1 aromatic carbocycles. The lowest BCUT2D eigenvalue weighted by atomic mass is 10.0. The zero-order chi connectivity index (χ0) is 21.1. The molecule has 7 nitrogen and oxygen atoms in total. The van der Waals surface area contributed by atoms with Crippen LogP contribution in [0.4, 0.5) is 0 Å². The first-order valence-electron chi connectivity index (χ1n) is 8.94. The van der Waals surface area contributed by atoms with Crippen LogP contribution in [0.1, 0.15) is 45.8 Å². The number of hydrogen-bond acceptors (Lipinski definition) is 5. The molecule has 0 saturated carbocycles. The number of carbonyl (C=O) groups excluding carboxylic acids is 2. The molecule has 150 valence electrons. The van der Waals surface area contributed by atoms with Crippen molar-refractivity contribution in [1.29, 1.82) is 0 Å². The summed E-state index contributed by atoms with van der Waals surface area (Å²) in [6.45, 7) is 3.48. The molecule has 0 aliphatic rings. The molecule has 0 amide bonds. The van der Waals surface area contributed by atoms with E-state index < -0.39 is 11.5 Å². The number of ketones is 1. The quantitative estimate of drug-likeness (QED) is 0.495. The van der Waals surface area contributed by atoms with Crippen LogP contribution in [-0.4, -0.2) is 33.6 Å². The molecule has 2 aromatic heterocycles. The normalized spacial score (nSPS) is 11.9. The van der Waals surface area contributed by atoms with Crippen molar-refractivity contribution >= 4 is 23.4 Å². The summed E-state index contributed by atoms with van der Waals surface area (Å²) in [5.41, 5.74) is 2.78. The van der Waals surface area contributed by atoms with Crippen molar-refractivity contribution in [2.24, 2.45) is 0 Å². The Kier molecular flexibility index (Phi) is 5.98. The standard InChI is InChI=1S/C21H20ClN3O4/c1-12-10-17(23-20(12)21(28)14-4-6-15(22)7-5-14)13(2)16-8-9-18(26)25(24-16)11-19(27)29-3/h4-10,13,23H,11H2,1-3H3. The Morgan fingerprint density at radius 3 is 2.55 bits per heavy atom. The second-order valence-corrected chi connectivity index (χ2v) is 7.11. The van der Waals surface area contributed by atoms with Crippen molar-refractivity contribution in [2.75, 3.05) is 7.11 Å². The van der Waals surface area contributed by atoms with Crippen LogP contribution in [0.3, 0.4) is 0 Å². The largest absolute Gasteiger partial charge is 0.468 e. The van der Waals surface area contributed by atoms with Gasteiger partial charge in [-0.25, -0.2) is 4.68 Å². The summed E-state index contributed by atoms with van der Waals surface area (Å²) >= 11 is 5.89. The maximum Gasteiger partial charge on any atom is 0.327 e. The maximum absolute atomic E-state index is 12.8. The summed E-state index contributed by atoms with van der Waals surface area (Å²) in [7, 11) is 1.25. The van der Waals surface area contributed by atoms with E-state index in [0.717, 1.165) is 15.9 Å². The predicted molar refractivity (Wildman–Crippen MR) is 108 cm³/mol. The number of H-pyrrole nitrogens is 1. The minimum absolute atomic E-state index is 0.138. The van der Waals surface area contributed by atoms with E-state index in [9.17, 15) is 14.4 Å². The number of aryl methyl sites for hydroxylation is 1. The van der Waals surface area contributed by atoms with E-state index >= 15 is 0 Å². The zero-order valence-corrected chi connectivity index (χ0v) is 17.0. The van der Waals surface area contributed by atoms with Gasteiger partial charge in [-0.2, -0.15) is 5.10 Å². The van der Waals surface area contributed by atoms with E-state index in [0.29, 0.717) is 22.0 Å². The fraction of sp³-hybridized carbons (Fsp3) is 0.238. The molecule has 0 saturated heterocycles. The van der Waals surface area contributed by atoms with Gasteiger partial charge >= 0.3 is 5.97 Å². The lowest BCUT2D eigenvalue weighted by Crippen LogP contribution is -2.27. The van der Waals surface area contributed by atoms with Gasteiger partial charge < -0.3 is 9.72 Å². The number of esters is 1. The van der Waals surface area contributed by atoms with Gasteiger partial charge in [0.05, 0.1) is 18.5 Å². The van der Waals surface area contributed by atoms with Crippen LogP contribution in [0, 0.1) is 6.92 Å². The summed E-state index contributed by atoms with van der Waals surface area (Å²) in [5.74, 6) is -0.929. The van der Waals surface area contributed by atoms with E-state index in [1.54, 1.807) is 30.3 Å². The molecular formula is C21H20ClN3O4. The molecule has 29 heavy (non-hydrogen) atoms. The Hall–Kier alpha value is -3.19. The number of ether oxygens (including phenoxy) is 1. The monoisotopic (exact) mass is 413 g/mol. The van der Waals surface area contributed by atoms with E-state index in [-0.39, 0.29) is 18.2 Å². The van der Waals surface area contributed by atoms with Gasteiger partial charge in [0, 0.05) is 28.3 Å². The lowest BCUT2D eigenvalue weighted by Gasteiger charge is -2.11. The van der Waals surface area contributed by atoms with Gasteiger partial charge in [-0.1, -0.05) is 18.5 Å². The van der Waals surface area contributed by atoms with Gasteiger partial charge in [0.15, 0.2) is 0 Å². The minimum atomic E-state index is -0.559. The van der Waals surface area contributed by atoms with Crippen molar-refractivity contribution in [3.8, 4) is 0 Å². The fourth-order valence-corrected chi connectivity index (χ4v) is 3.08. The van der Waals surface area contributed by atoms with Crippen molar-refractivity contribution in [2.45, 2.75) is 26.3 Å². The third-order valence-electron chi connectivity index (χ3n) is 4.67. The minimum Gasteiger partial charge on any atom is -0.468 e. The van der Waals surface area contributed by atoms with Crippen LogP contribution in [0.15, 0.2) is 47.3 Å². The highest BCUT2D eigenvalue weighted by Crippen LogP contribution is 2.25. The molecule has 1 atom stereocenters. The maximum atomic E-state index is 12.8. The molecule has 0 fully saturated rings. The molecular weight excluding hydrogens is 394 g/mol. The Morgan fingerprint density at radius 1 is 1.21 bits per heavy atom. The number of hydrogen-bond donors (Lipinski definition) is 1. The first-order chi connectivity index (χ1) is 13.8. The van der Waals surface area contributed by atoms with Crippen LogP contribution in [0.2, 0.25) is 5.02 Å². The van der Waals surface area contributed by atoms with Crippen molar-refractivity contribution in [3.05, 3.63) is 86.0 Å². The molecule has 3 aromatic rings. The fourth-order valence-electron chi connectivity index (χ4n) is 2.95. The summed E-state index contributed by atoms with van der Waals surface area (Å²) in [6, 6.07) is 11.5. The summed E-state index contributed by atoms with van der Waals surface area (Å²) in [5, 5.41) is 4.83. The summed E-state index contributed by atoms with van der Waals surface area (Å²) < 4.78 is 5.66. The molecule has 1 unspecified atom stereocenters. The van der Waals surface area contributed by atoms with Gasteiger partial charge in [0.1, 0.15) is 6.54 Å². The Bertz CT molecular complexity index is 1120. The number of benzene rings is 1. The molecule has 3 rings (SSSR count). The molecule has 0 radical (unpaired) electrons. The lowest BCUT2D eigenvalue weighted by molar-refractivity contribution is -0.141. The van der Waals surface area contributed by atoms with E-state index in [4.69, 9.17) is 11.6 Å². The highest BCUT2D eigenvalue weighted by molar-refractivity contribution is 6.30. The van der Waals surface area contributed by atoms with Gasteiger partial charge in [0.25, 0.3) is 5.56 Å². The van der Waals surface area contributed by atoms with Crippen LogP contribution >= 0.6 is 11.6 Å². The number of aromatic amines is 1. The van der Waals surface area contributed by atoms with Crippen molar-refractivity contribution in [3.63, 3.8) is 0 Å². The van der Waals surface area contributed by atoms with Crippen molar-refractivity contribution < 1.29 is 14.3 Å². The number of methoxy groups -OCH3 is 1. The third kappa shape index (κ3) is 4.46. The third-order valence-corrected chi connectivity index (χ3v) is 4.93. The Labute approximate surface area is 172 Å². The Morgan fingerprint density at radius 2 is 1.90 bits per heavy atom. The number of nitrogens with one attached hydrogen (secondary N) is 1. The van der Waals surface area contributed by atoms with Gasteiger partial charge in [0.2, 0.25) is 5.78 Å². The van der Waals surface area contributed by atoms with E-state index in [1.165, 1.54) is 13.2 Å². The first-order valence-corrected chi connectivity index (χ1v) is 9.32. The number of carbonyl (C=O) groups is 2. The summed E-state index contributed by atoms with van der Waals surface area (Å²) in [4.78, 5) is 39.4. The number of halogens is 1. The predicted octanol–water partition coefficient (Wildman–Crippen LogP) is 3.09. The molecule has 0 bridgehead atoms. The zero-order valence-electron chi connectivity index (χ0n) is 16.2. The van der Waals surface area contributed by atoms with Gasteiger partial charge in [-0.3, -0.25) is 14.4 Å². The average Bonchev–Trinajstić information content (AvgIpc) is 3.10. The smallest absolute Gasteiger partial charge is 0.327 e. The first kappa shape index (κ1) is 20.5. The molecule has 8 heteroatoms. The van der Waals surface area contributed by atoms with Crippen LogP contribution < -0.4 is 5.56 Å². The van der Waals surface area contributed by atoms with Crippen LogP contribution in [0.25, 0.3) is 0 Å². The molecule has 0 spiro atoms. The van der Waals surface area contributed by atoms with Gasteiger partial charge in [-0.15, -0.1) is 0 Å². The number of rotatable bonds is 6. The number of nitrogens with zero attached hydrogens (tertiary/aromatic N) is 2. The average molecular weight is 414 g/mol. The van der Waals surface area contributed by atoms with Crippen LogP contribution in [0.5, 0.6) is 0 Å². The SMILES string of the molecule is COC(=O)Cn1nc(C(C)c2cc(C)c(C(=O)c3ccc(Cl)cc3)[nH]2)ccc1=O. The van der Waals surface area contributed by atoms with E-state index in [1.807, 2.05) is 19.9 Å². The van der Waals surface area contributed by atoms with Crippen LogP contribution in [-0.2, 0) is 16.1 Å². The molecule has 0 aliphatic carbocycles. The van der Waals surface area contributed by atoms with Gasteiger partial charge in [-0.05, 0) is 48.9 Å². The number of aromatic nitrogens is 3. The highest BCUT2D eigenvalue weighted by atomic mass is 35.5. The topological polar surface area (TPSA) is 94.1 Å². The molecule has 1 N–H and O–H groups in total.